The van der Waals surface area contributed by atoms with E-state index in [2.05, 4.69) is 35.6 Å². The van der Waals surface area contributed by atoms with E-state index in [0.29, 0.717) is 22.1 Å². The second-order valence-corrected chi connectivity index (χ2v) is 10.4. The van der Waals surface area contributed by atoms with Crippen LogP contribution in [0.15, 0.2) is 65.7 Å². The fraction of sp³-hybridized carbons (Fsp3) is 0.217. The topological polar surface area (TPSA) is 85.6 Å². The molecule has 32 heavy (non-hydrogen) atoms. The first kappa shape index (κ1) is 22.1. The average Bonchev–Trinajstić information content (AvgIpc) is 3.22. The molecule has 0 aliphatic heterocycles. The maximum absolute atomic E-state index is 13.0. The molecule has 0 unspecified atom stereocenters. The first-order valence-electron chi connectivity index (χ1n) is 9.90. The largest absolute Gasteiger partial charge is 0.481 e. The molecule has 4 aromatic rings. The van der Waals surface area contributed by atoms with Crippen molar-refractivity contribution in [1.82, 2.24) is 14.6 Å². The van der Waals surface area contributed by atoms with E-state index in [4.69, 9.17) is 16.3 Å². The summed E-state index contributed by atoms with van der Waals surface area (Å²) in [6.07, 6.45) is 1.62. The van der Waals surface area contributed by atoms with E-state index >= 15 is 0 Å². The summed E-state index contributed by atoms with van der Waals surface area (Å²) in [6.45, 7) is 6.23. The SMILES string of the molecule is COc1cc(-c2cc3c(Cl)ccc(NS(=O)(=O)c4ccc(C(C)(C)C)cc4)n3n2)ccn1. The summed E-state index contributed by atoms with van der Waals surface area (Å²) in [5.74, 6) is 0.724. The van der Waals surface area contributed by atoms with E-state index in [9.17, 15) is 8.42 Å². The van der Waals surface area contributed by atoms with Gasteiger partial charge in [0.1, 0.15) is 5.82 Å². The molecule has 0 bridgehead atoms. The van der Waals surface area contributed by atoms with Crippen LogP contribution in [-0.2, 0) is 15.4 Å². The van der Waals surface area contributed by atoms with Crippen molar-refractivity contribution in [3.63, 3.8) is 0 Å². The molecule has 3 aromatic heterocycles. The zero-order valence-corrected chi connectivity index (χ0v) is 19.7. The van der Waals surface area contributed by atoms with Gasteiger partial charge in [-0.25, -0.2) is 17.9 Å². The monoisotopic (exact) mass is 470 g/mol. The van der Waals surface area contributed by atoms with Crippen LogP contribution in [-0.4, -0.2) is 30.1 Å². The third-order valence-corrected chi connectivity index (χ3v) is 6.77. The van der Waals surface area contributed by atoms with Gasteiger partial charge in [-0.3, -0.25) is 4.72 Å². The van der Waals surface area contributed by atoms with Gasteiger partial charge in [-0.1, -0.05) is 44.5 Å². The summed E-state index contributed by atoms with van der Waals surface area (Å²) in [5, 5.41) is 5.01. The summed E-state index contributed by atoms with van der Waals surface area (Å²) >= 11 is 6.36. The number of methoxy groups -OCH3 is 1. The molecule has 0 aliphatic rings. The highest BCUT2D eigenvalue weighted by atomic mass is 35.5. The fourth-order valence-electron chi connectivity index (χ4n) is 3.27. The van der Waals surface area contributed by atoms with Crippen LogP contribution in [0.5, 0.6) is 5.88 Å². The number of benzene rings is 1. The van der Waals surface area contributed by atoms with Crippen LogP contribution in [0, 0.1) is 0 Å². The van der Waals surface area contributed by atoms with Crippen LogP contribution in [0.1, 0.15) is 26.3 Å². The van der Waals surface area contributed by atoms with Crippen LogP contribution < -0.4 is 9.46 Å². The van der Waals surface area contributed by atoms with Crippen LogP contribution in [0.2, 0.25) is 5.02 Å². The molecule has 0 fully saturated rings. The van der Waals surface area contributed by atoms with Gasteiger partial charge in [0.25, 0.3) is 10.0 Å². The van der Waals surface area contributed by atoms with Crippen molar-refractivity contribution in [2.75, 3.05) is 11.8 Å². The molecule has 7 nitrogen and oxygen atoms in total. The Bertz CT molecular complexity index is 1390. The highest BCUT2D eigenvalue weighted by Crippen LogP contribution is 2.29. The van der Waals surface area contributed by atoms with Gasteiger partial charge in [0.05, 0.1) is 28.2 Å². The lowest BCUT2D eigenvalue weighted by Crippen LogP contribution is -2.16. The molecule has 0 saturated heterocycles. The molecule has 166 valence electrons. The van der Waals surface area contributed by atoms with Crippen molar-refractivity contribution in [3.8, 4) is 17.1 Å². The van der Waals surface area contributed by atoms with Gasteiger partial charge in [-0.2, -0.15) is 5.10 Å². The molecule has 0 aliphatic carbocycles. The summed E-state index contributed by atoms with van der Waals surface area (Å²) in [4.78, 5) is 4.27. The number of sulfonamides is 1. The molecule has 1 aromatic carbocycles. The van der Waals surface area contributed by atoms with Crippen molar-refractivity contribution in [2.24, 2.45) is 0 Å². The van der Waals surface area contributed by atoms with Crippen molar-refractivity contribution in [1.29, 1.82) is 0 Å². The van der Waals surface area contributed by atoms with Gasteiger partial charge in [-0.05, 0) is 47.4 Å². The summed E-state index contributed by atoms with van der Waals surface area (Å²) < 4.78 is 35.4. The minimum Gasteiger partial charge on any atom is -0.481 e. The lowest BCUT2D eigenvalue weighted by Gasteiger charge is -2.19. The number of ether oxygens (including phenoxy) is 1. The standard InChI is InChI=1S/C23H23ClN4O3S/c1-23(2,3)16-5-7-17(8-6-16)32(29,30)27-21-10-9-18(24)20-14-19(26-28(20)21)15-11-12-25-22(13-15)31-4/h5-14,27H,1-4H3. The number of anilines is 1. The maximum Gasteiger partial charge on any atom is 0.263 e. The van der Waals surface area contributed by atoms with E-state index in [1.165, 1.54) is 11.6 Å². The molecule has 9 heteroatoms. The Morgan fingerprint density at radius 1 is 1.03 bits per heavy atom. The predicted octanol–water partition coefficient (Wildman–Crippen LogP) is 5.16. The minimum atomic E-state index is -3.83. The zero-order chi connectivity index (χ0) is 23.1. The Kier molecular flexibility index (Phi) is 5.60. The van der Waals surface area contributed by atoms with E-state index in [1.807, 2.05) is 12.1 Å². The van der Waals surface area contributed by atoms with Gasteiger partial charge in [0.15, 0.2) is 0 Å². The first-order valence-corrected chi connectivity index (χ1v) is 11.8. The number of halogens is 1. The number of hydrogen-bond donors (Lipinski definition) is 1. The average molecular weight is 471 g/mol. The van der Waals surface area contributed by atoms with Crippen LogP contribution in [0.25, 0.3) is 16.8 Å². The zero-order valence-electron chi connectivity index (χ0n) is 18.1. The molecule has 0 amide bonds. The number of fused-ring (bicyclic) bond motifs is 1. The van der Waals surface area contributed by atoms with Crippen molar-refractivity contribution < 1.29 is 13.2 Å². The molecule has 0 radical (unpaired) electrons. The Morgan fingerprint density at radius 2 is 1.75 bits per heavy atom. The Labute approximate surface area is 192 Å². The Morgan fingerprint density at radius 3 is 2.41 bits per heavy atom. The number of hydrogen-bond acceptors (Lipinski definition) is 5. The molecule has 0 saturated carbocycles. The third kappa shape index (κ3) is 4.28. The second kappa shape index (κ2) is 8.11. The molecular weight excluding hydrogens is 448 g/mol. The van der Waals surface area contributed by atoms with E-state index in [0.717, 1.165) is 11.1 Å². The predicted molar refractivity (Wildman–Crippen MR) is 126 cm³/mol. The van der Waals surface area contributed by atoms with Gasteiger partial charge in [-0.15, -0.1) is 0 Å². The molecule has 4 rings (SSSR count). The van der Waals surface area contributed by atoms with Crippen LogP contribution in [0.4, 0.5) is 5.82 Å². The molecule has 3 heterocycles. The lowest BCUT2D eigenvalue weighted by atomic mass is 9.87. The Balaban J connectivity index is 1.73. The normalized spacial score (nSPS) is 12.2. The smallest absolute Gasteiger partial charge is 0.263 e. The number of pyridine rings is 2. The number of nitrogens with zero attached hydrogens (tertiary/aromatic N) is 3. The second-order valence-electron chi connectivity index (χ2n) is 8.36. The van der Waals surface area contributed by atoms with E-state index in [-0.39, 0.29) is 16.1 Å². The van der Waals surface area contributed by atoms with E-state index < -0.39 is 10.0 Å². The molecule has 0 atom stereocenters. The van der Waals surface area contributed by atoms with Gasteiger partial charge in [0, 0.05) is 17.8 Å². The molecular formula is C23H23ClN4O3S. The maximum atomic E-state index is 13.0. The number of rotatable bonds is 5. The summed E-state index contributed by atoms with van der Waals surface area (Å²) in [7, 11) is -2.29. The minimum absolute atomic E-state index is 0.0703. The fourth-order valence-corrected chi connectivity index (χ4v) is 4.51. The number of nitrogens with one attached hydrogen (secondary N) is 1. The number of aromatic nitrogens is 3. The van der Waals surface area contributed by atoms with Crippen molar-refractivity contribution in [3.05, 3.63) is 71.4 Å². The first-order chi connectivity index (χ1) is 15.1. The highest BCUT2D eigenvalue weighted by Gasteiger charge is 2.20. The van der Waals surface area contributed by atoms with Gasteiger partial charge >= 0.3 is 0 Å². The third-order valence-electron chi connectivity index (χ3n) is 5.08. The van der Waals surface area contributed by atoms with Gasteiger partial charge in [0.2, 0.25) is 5.88 Å². The quantitative estimate of drug-likeness (QED) is 0.435. The van der Waals surface area contributed by atoms with E-state index in [1.54, 1.807) is 48.7 Å². The summed E-state index contributed by atoms with van der Waals surface area (Å²) in [5.41, 5.74) is 2.92. The Hall–Kier alpha value is -3.10. The van der Waals surface area contributed by atoms with Crippen molar-refractivity contribution >= 4 is 33.0 Å². The lowest BCUT2D eigenvalue weighted by molar-refractivity contribution is 0.398. The molecule has 0 spiro atoms. The summed E-state index contributed by atoms with van der Waals surface area (Å²) in [6, 6.07) is 15.4. The van der Waals surface area contributed by atoms with Gasteiger partial charge < -0.3 is 4.74 Å². The van der Waals surface area contributed by atoms with Crippen LogP contribution in [0.3, 0.4) is 0 Å². The van der Waals surface area contributed by atoms with Crippen molar-refractivity contribution in [2.45, 2.75) is 31.1 Å². The van der Waals surface area contributed by atoms with Crippen LogP contribution >= 0.6 is 11.6 Å². The highest BCUT2D eigenvalue weighted by molar-refractivity contribution is 7.92. The molecule has 1 N–H and O–H groups in total.